The molecule has 1 amide bonds. The summed E-state index contributed by atoms with van der Waals surface area (Å²) < 4.78 is 5.22. The van der Waals surface area contributed by atoms with Gasteiger partial charge in [-0.2, -0.15) is 0 Å². The van der Waals surface area contributed by atoms with Gasteiger partial charge in [0.25, 0.3) is 0 Å². The first-order chi connectivity index (χ1) is 11.0. The summed E-state index contributed by atoms with van der Waals surface area (Å²) >= 11 is 0. The molecule has 0 spiro atoms. The molecule has 5 nitrogen and oxygen atoms in total. The van der Waals surface area contributed by atoms with Crippen molar-refractivity contribution in [1.82, 2.24) is 5.32 Å². The second kappa shape index (κ2) is 6.46. The first-order valence-corrected chi connectivity index (χ1v) is 8.37. The molecule has 1 aliphatic rings. The third-order valence-corrected chi connectivity index (χ3v) is 4.45. The van der Waals surface area contributed by atoms with E-state index in [-0.39, 0.29) is 6.04 Å². The number of benzene rings is 1. The van der Waals surface area contributed by atoms with E-state index in [1.54, 1.807) is 20.8 Å². The smallest absolute Gasteiger partial charge is 0.407 e. The van der Waals surface area contributed by atoms with E-state index in [9.17, 15) is 14.7 Å². The first-order valence-electron chi connectivity index (χ1n) is 8.37. The molecule has 5 heteroatoms. The lowest BCUT2D eigenvalue weighted by Crippen LogP contribution is -2.57. The van der Waals surface area contributed by atoms with Gasteiger partial charge in [0, 0.05) is 6.04 Å². The van der Waals surface area contributed by atoms with Crippen LogP contribution in [-0.4, -0.2) is 28.8 Å². The Hall–Kier alpha value is -2.04. The predicted octanol–water partition coefficient (Wildman–Crippen LogP) is 3.82. The third kappa shape index (κ3) is 3.89. The van der Waals surface area contributed by atoms with Crippen LogP contribution in [0.25, 0.3) is 0 Å². The van der Waals surface area contributed by atoms with Crippen LogP contribution in [-0.2, 0) is 14.9 Å². The molecule has 1 aromatic rings. The van der Waals surface area contributed by atoms with Crippen molar-refractivity contribution < 1.29 is 19.4 Å². The number of aliphatic carboxylic acids is 1. The van der Waals surface area contributed by atoms with Gasteiger partial charge in [0.1, 0.15) is 5.60 Å². The van der Waals surface area contributed by atoms with Crippen molar-refractivity contribution >= 4 is 12.1 Å². The molecule has 1 saturated carbocycles. The molecule has 0 unspecified atom stereocenters. The van der Waals surface area contributed by atoms with Gasteiger partial charge in [-0.25, -0.2) is 4.79 Å². The van der Waals surface area contributed by atoms with Crippen LogP contribution in [0.15, 0.2) is 24.3 Å². The molecule has 0 radical (unpaired) electrons. The lowest BCUT2D eigenvalue weighted by atomic mass is 9.61. The molecule has 132 valence electrons. The van der Waals surface area contributed by atoms with Gasteiger partial charge in [-0.15, -0.1) is 0 Å². The minimum Gasteiger partial charge on any atom is -0.481 e. The lowest BCUT2D eigenvalue weighted by molar-refractivity contribution is -0.148. The number of carbonyl (C=O) groups is 2. The van der Waals surface area contributed by atoms with E-state index in [2.05, 4.69) is 19.2 Å². The Balaban J connectivity index is 2.05. The van der Waals surface area contributed by atoms with Crippen LogP contribution in [0, 0.1) is 0 Å². The Morgan fingerprint density at radius 3 is 2.17 bits per heavy atom. The maximum atomic E-state index is 11.8. The van der Waals surface area contributed by atoms with Crippen molar-refractivity contribution in [3.8, 4) is 0 Å². The zero-order valence-electron chi connectivity index (χ0n) is 15.1. The van der Waals surface area contributed by atoms with E-state index in [0.717, 1.165) is 5.56 Å². The molecule has 24 heavy (non-hydrogen) atoms. The summed E-state index contributed by atoms with van der Waals surface area (Å²) in [6.07, 6.45) is 0.257. The fourth-order valence-electron chi connectivity index (χ4n) is 3.08. The number of amides is 1. The Labute approximate surface area is 143 Å². The van der Waals surface area contributed by atoms with Gasteiger partial charge < -0.3 is 15.2 Å². The summed E-state index contributed by atoms with van der Waals surface area (Å²) in [5.74, 6) is -0.440. The number of carboxylic acids is 1. The van der Waals surface area contributed by atoms with Crippen LogP contribution in [0.3, 0.4) is 0 Å². The van der Waals surface area contributed by atoms with Gasteiger partial charge >= 0.3 is 12.1 Å². The molecule has 0 atom stereocenters. The van der Waals surface area contributed by atoms with Crippen molar-refractivity contribution in [3.63, 3.8) is 0 Å². The molecule has 0 aromatic heterocycles. The van der Waals surface area contributed by atoms with Crippen molar-refractivity contribution in [2.45, 2.75) is 70.4 Å². The van der Waals surface area contributed by atoms with Crippen molar-refractivity contribution in [3.05, 3.63) is 35.4 Å². The number of nitrogens with one attached hydrogen (secondary N) is 1. The molecule has 0 bridgehead atoms. The number of hydrogen-bond donors (Lipinski definition) is 2. The number of alkyl carbamates (subject to hydrolysis) is 1. The zero-order valence-corrected chi connectivity index (χ0v) is 15.1. The second-order valence-electron chi connectivity index (χ2n) is 7.92. The lowest BCUT2D eigenvalue weighted by Gasteiger charge is -2.45. The fraction of sp³-hybridized carbons (Fsp3) is 0.579. The van der Waals surface area contributed by atoms with Gasteiger partial charge in [0.05, 0.1) is 5.41 Å². The summed E-state index contributed by atoms with van der Waals surface area (Å²) in [5.41, 5.74) is 0.489. The van der Waals surface area contributed by atoms with Crippen LogP contribution < -0.4 is 5.32 Å². The molecule has 0 saturated heterocycles. The Morgan fingerprint density at radius 2 is 1.75 bits per heavy atom. The largest absolute Gasteiger partial charge is 0.481 e. The van der Waals surface area contributed by atoms with E-state index in [4.69, 9.17) is 4.74 Å². The van der Waals surface area contributed by atoms with Crippen molar-refractivity contribution in [2.24, 2.45) is 0 Å². The third-order valence-electron chi connectivity index (χ3n) is 4.45. The number of carboxylic acid groups (broad SMARTS) is 1. The van der Waals surface area contributed by atoms with Gasteiger partial charge in [-0.3, -0.25) is 4.79 Å². The number of hydrogen-bond acceptors (Lipinski definition) is 3. The average molecular weight is 333 g/mol. The maximum absolute atomic E-state index is 11.8. The summed E-state index contributed by atoms with van der Waals surface area (Å²) in [5, 5.41) is 12.5. The number of rotatable bonds is 4. The minimum absolute atomic E-state index is 0.180. The highest BCUT2D eigenvalue weighted by molar-refractivity contribution is 5.83. The molecule has 1 fully saturated rings. The van der Waals surface area contributed by atoms with Crippen LogP contribution >= 0.6 is 0 Å². The second-order valence-corrected chi connectivity index (χ2v) is 7.92. The van der Waals surface area contributed by atoms with E-state index < -0.39 is 23.1 Å². The molecular weight excluding hydrogens is 306 g/mol. The minimum atomic E-state index is -0.921. The maximum Gasteiger partial charge on any atom is 0.407 e. The van der Waals surface area contributed by atoms with Crippen LogP contribution in [0.4, 0.5) is 4.79 Å². The number of carbonyl (C=O) groups excluding carboxylic acids is 1. The standard InChI is InChI=1S/C19H27NO4/c1-12(2)13-6-8-14(9-7-13)19(16(21)22)10-15(11-19)20-17(23)24-18(3,4)5/h6-9,12,15H,10-11H2,1-5H3,(H,20,23)(H,21,22). The van der Waals surface area contributed by atoms with Crippen LogP contribution in [0.2, 0.25) is 0 Å². The van der Waals surface area contributed by atoms with E-state index >= 15 is 0 Å². The fourth-order valence-corrected chi connectivity index (χ4v) is 3.08. The van der Waals surface area contributed by atoms with Crippen molar-refractivity contribution in [2.75, 3.05) is 0 Å². The zero-order chi connectivity index (χ0) is 18.1. The molecular formula is C19H27NO4. The summed E-state index contributed by atoms with van der Waals surface area (Å²) in [6.45, 7) is 9.60. The van der Waals surface area contributed by atoms with E-state index in [0.29, 0.717) is 18.8 Å². The normalized spacial score (nSPS) is 23.5. The Morgan fingerprint density at radius 1 is 1.21 bits per heavy atom. The molecule has 2 N–H and O–H groups in total. The van der Waals surface area contributed by atoms with Crippen LogP contribution in [0.1, 0.15) is 64.5 Å². The summed E-state index contributed by atoms with van der Waals surface area (Å²) in [7, 11) is 0. The van der Waals surface area contributed by atoms with Gasteiger partial charge in [-0.05, 0) is 50.7 Å². The predicted molar refractivity (Wildman–Crippen MR) is 92.2 cm³/mol. The monoisotopic (exact) mass is 333 g/mol. The molecule has 1 aliphatic carbocycles. The topological polar surface area (TPSA) is 75.6 Å². The van der Waals surface area contributed by atoms with E-state index in [1.807, 2.05) is 24.3 Å². The summed E-state index contributed by atoms with van der Waals surface area (Å²) in [6, 6.07) is 7.58. The van der Waals surface area contributed by atoms with Gasteiger partial charge in [-0.1, -0.05) is 38.1 Å². The Kier molecular flexibility index (Phi) is 4.92. The molecule has 2 rings (SSSR count). The molecule has 1 aromatic carbocycles. The van der Waals surface area contributed by atoms with Gasteiger partial charge in [0.2, 0.25) is 0 Å². The van der Waals surface area contributed by atoms with E-state index in [1.165, 1.54) is 5.56 Å². The van der Waals surface area contributed by atoms with Gasteiger partial charge in [0.15, 0.2) is 0 Å². The quantitative estimate of drug-likeness (QED) is 0.878. The number of ether oxygens (including phenoxy) is 1. The van der Waals surface area contributed by atoms with Crippen molar-refractivity contribution in [1.29, 1.82) is 0 Å². The molecule has 0 aliphatic heterocycles. The first kappa shape index (κ1) is 18.3. The summed E-state index contributed by atoms with van der Waals surface area (Å²) in [4.78, 5) is 23.7. The SMILES string of the molecule is CC(C)c1ccc(C2(C(=O)O)CC(NC(=O)OC(C)(C)C)C2)cc1. The highest BCUT2D eigenvalue weighted by Crippen LogP contribution is 2.44. The van der Waals surface area contributed by atoms with Crippen LogP contribution in [0.5, 0.6) is 0 Å². The highest BCUT2D eigenvalue weighted by Gasteiger charge is 2.52. The average Bonchev–Trinajstić information content (AvgIpc) is 2.40. The molecule has 0 heterocycles. The Bertz CT molecular complexity index is 607. The highest BCUT2D eigenvalue weighted by atomic mass is 16.6.